The molecule has 1 saturated heterocycles. The molecule has 0 aliphatic carbocycles. The average Bonchev–Trinajstić information content (AvgIpc) is 2.92. The van der Waals surface area contributed by atoms with Gasteiger partial charge >= 0.3 is 0 Å². The number of hydrogen-bond acceptors (Lipinski definition) is 2. The summed E-state index contributed by atoms with van der Waals surface area (Å²) in [6.07, 6.45) is 2.25. The van der Waals surface area contributed by atoms with Crippen LogP contribution in [0.25, 0.3) is 0 Å². The molecule has 0 spiro atoms. The Hall–Kier alpha value is -1.42. The summed E-state index contributed by atoms with van der Waals surface area (Å²) in [7, 11) is 0. The molecule has 1 aliphatic heterocycles. The first-order valence-corrected chi connectivity index (χ1v) is 6.74. The molecule has 18 heavy (non-hydrogen) atoms. The minimum Gasteiger partial charge on any atom is -0.358 e. The van der Waals surface area contributed by atoms with Crippen LogP contribution in [0, 0.1) is 0 Å². The largest absolute Gasteiger partial charge is 0.358 e. The van der Waals surface area contributed by atoms with Crippen molar-refractivity contribution in [1.82, 2.24) is 10.2 Å². The highest BCUT2D eigenvalue weighted by Crippen LogP contribution is 2.13. The van der Waals surface area contributed by atoms with Gasteiger partial charge in [-0.1, -0.05) is 42.5 Å². The Labute approximate surface area is 113 Å². The van der Waals surface area contributed by atoms with E-state index in [-0.39, 0.29) is 11.9 Å². The van der Waals surface area contributed by atoms with Crippen molar-refractivity contribution in [3.8, 4) is 0 Å². The van der Waals surface area contributed by atoms with Gasteiger partial charge < -0.3 is 10.2 Å². The number of carbonyl (C=O) groups is 1. The van der Waals surface area contributed by atoms with E-state index in [2.05, 4.69) is 5.32 Å². The van der Waals surface area contributed by atoms with E-state index >= 15 is 0 Å². The van der Waals surface area contributed by atoms with E-state index in [1.807, 2.05) is 42.2 Å². The van der Waals surface area contributed by atoms with Gasteiger partial charge in [0.2, 0.25) is 0 Å². The molecule has 0 bridgehead atoms. The predicted octanol–water partition coefficient (Wildman–Crippen LogP) is 2.29. The molecule has 0 radical (unpaired) electrons. The monoisotopic (exact) mass is 262 g/mol. The van der Waals surface area contributed by atoms with Crippen LogP contribution >= 0.6 is 12.2 Å². The Morgan fingerprint density at radius 3 is 2.50 bits per heavy atom. The van der Waals surface area contributed by atoms with Crippen LogP contribution < -0.4 is 5.32 Å². The minimum atomic E-state index is -0.136. The number of amides is 1. The van der Waals surface area contributed by atoms with Crippen LogP contribution in [0.15, 0.2) is 30.3 Å². The molecule has 1 heterocycles. The summed E-state index contributed by atoms with van der Waals surface area (Å²) in [6, 6.07) is 9.90. The zero-order chi connectivity index (χ0) is 13.0. The molecular formula is C14H18N2OS. The van der Waals surface area contributed by atoms with Gasteiger partial charge in [-0.25, -0.2) is 0 Å². The molecule has 3 nitrogen and oxygen atoms in total. The van der Waals surface area contributed by atoms with Crippen LogP contribution in [0.1, 0.15) is 31.4 Å². The van der Waals surface area contributed by atoms with Crippen LogP contribution in [-0.2, 0) is 4.79 Å². The Kier molecular flexibility index (Phi) is 4.31. The SMILES string of the molecule is C[C@H](NC(=O)C(=S)N1CCCC1)c1ccccc1. The maximum absolute atomic E-state index is 12.0. The lowest BCUT2D eigenvalue weighted by atomic mass is 10.1. The smallest absolute Gasteiger partial charge is 0.279 e. The molecule has 4 heteroatoms. The first-order chi connectivity index (χ1) is 8.68. The third-order valence-corrected chi connectivity index (χ3v) is 3.68. The highest BCUT2D eigenvalue weighted by molar-refractivity contribution is 7.82. The lowest BCUT2D eigenvalue weighted by Gasteiger charge is -2.20. The summed E-state index contributed by atoms with van der Waals surface area (Å²) in [5.74, 6) is -0.136. The van der Waals surface area contributed by atoms with Crippen LogP contribution in [0.3, 0.4) is 0 Å². The molecule has 1 atom stereocenters. The Morgan fingerprint density at radius 1 is 1.28 bits per heavy atom. The first-order valence-electron chi connectivity index (χ1n) is 6.33. The van der Waals surface area contributed by atoms with Crippen molar-refractivity contribution in [2.45, 2.75) is 25.8 Å². The van der Waals surface area contributed by atoms with Gasteiger partial charge in [0.15, 0.2) is 4.99 Å². The molecule has 96 valence electrons. The molecule has 2 rings (SSSR count). The van der Waals surface area contributed by atoms with Gasteiger partial charge in [0, 0.05) is 13.1 Å². The summed E-state index contributed by atoms with van der Waals surface area (Å²) >= 11 is 5.22. The fourth-order valence-electron chi connectivity index (χ4n) is 2.15. The van der Waals surface area contributed by atoms with Gasteiger partial charge in [0.25, 0.3) is 5.91 Å². The lowest BCUT2D eigenvalue weighted by Crippen LogP contribution is -2.41. The zero-order valence-corrected chi connectivity index (χ0v) is 11.4. The van der Waals surface area contributed by atoms with Gasteiger partial charge in [0.05, 0.1) is 6.04 Å². The number of hydrogen-bond donors (Lipinski definition) is 1. The summed E-state index contributed by atoms with van der Waals surface area (Å²) in [5, 5.41) is 2.95. The fourth-order valence-corrected chi connectivity index (χ4v) is 2.39. The lowest BCUT2D eigenvalue weighted by molar-refractivity contribution is -0.115. The maximum atomic E-state index is 12.0. The summed E-state index contributed by atoms with van der Waals surface area (Å²) < 4.78 is 0. The quantitative estimate of drug-likeness (QED) is 0.830. The Bertz CT molecular complexity index is 427. The second-order valence-electron chi connectivity index (χ2n) is 4.61. The third-order valence-electron chi connectivity index (χ3n) is 3.23. The molecule has 1 aliphatic rings. The first kappa shape index (κ1) is 13.0. The van der Waals surface area contributed by atoms with Crippen molar-refractivity contribution in [3.05, 3.63) is 35.9 Å². The van der Waals surface area contributed by atoms with Crippen molar-refractivity contribution in [2.24, 2.45) is 0 Å². The van der Waals surface area contributed by atoms with E-state index < -0.39 is 0 Å². The average molecular weight is 262 g/mol. The summed E-state index contributed by atoms with van der Waals surface area (Å²) in [6.45, 7) is 3.79. The van der Waals surface area contributed by atoms with Gasteiger partial charge in [-0.3, -0.25) is 4.79 Å². The fraction of sp³-hybridized carbons (Fsp3) is 0.429. The van der Waals surface area contributed by atoms with Crippen molar-refractivity contribution in [1.29, 1.82) is 0 Å². The van der Waals surface area contributed by atoms with Gasteiger partial charge in [0.1, 0.15) is 0 Å². The maximum Gasteiger partial charge on any atom is 0.279 e. The molecule has 1 aromatic carbocycles. The number of carbonyl (C=O) groups excluding carboxylic acids is 1. The predicted molar refractivity (Wildman–Crippen MR) is 76.4 cm³/mol. The zero-order valence-electron chi connectivity index (χ0n) is 10.6. The standard InChI is InChI=1S/C14H18N2OS/c1-11(12-7-3-2-4-8-12)15-13(17)14(18)16-9-5-6-10-16/h2-4,7-8,11H,5-6,9-10H2,1H3,(H,15,17)/t11-/m0/s1. The second kappa shape index (κ2) is 5.96. The molecule has 0 saturated carbocycles. The molecule has 1 N–H and O–H groups in total. The van der Waals surface area contributed by atoms with Crippen molar-refractivity contribution in [2.75, 3.05) is 13.1 Å². The Balaban J connectivity index is 1.92. The Morgan fingerprint density at radius 2 is 1.89 bits per heavy atom. The van der Waals surface area contributed by atoms with Crippen molar-refractivity contribution >= 4 is 23.1 Å². The highest BCUT2D eigenvalue weighted by atomic mass is 32.1. The van der Waals surface area contributed by atoms with Gasteiger partial charge in [-0.2, -0.15) is 0 Å². The van der Waals surface area contributed by atoms with E-state index in [0.29, 0.717) is 4.99 Å². The van der Waals surface area contributed by atoms with E-state index in [1.54, 1.807) is 0 Å². The molecule has 0 aromatic heterocycles. The second-order valence-corrected chi connectivity index (χ2v) is 4.99. The number of thiocarbonyl (C=S) groups is 1. The molecule has 1 aromatic rings. The normalized spacial score (nSPS) is 16.4. The number of benzene rings is 1. The van der Waals surface area contributed by atoms with Crippen molar-refractivity contribution < 1.29 is 4.79 Å². The molecule has 0 unspecified atom stereocenters. The van der Waals surface area contributed by atoms with Gasteiger partial charge in [-0.15, -0.1) is 0 Å². The number of rotatable bonds is 2. The minimum absolute atomic E-state index is 0.0146. The van der Waals surface area contributed by atoms with E-state index in [0.717, 1.165) is 31.5 Å². The summed E-state index contributed by atoms with van der Waals surface area (Å²) in [4.78, 5) is 14.4. The molecule has 1 amide bonds. The molecule has 1 fully saturated rings. The molecular weight excluding hydrogens is 244 g/mol. The van der Waals surface area contributed by atoms with Crippen molar-refractivity contribution in [3.63, 3.8) is 0 Å². The number of likely N-dealkylation sites (tertiary alicyclic amines) is 1. The van der Waals surface area contributed by atoms with Crippen LogP contribution in [-0.4, -0.2) is 28.9 Å². The van der Waals surface area contributed by atoms with E-state index in [4.69, 9.17) is 12.2 Å². The number of nitrogens with zero attached hydrogens (tertiary/aromatic N) is 1. The summed E-state index contributed by atoms with van der Waals surface area (Å²) in [5.41, 5.74) is 1.09. The highest BCUT2D eigenvalue weighted by Gasteiger charge is 2.21. The van der Waals surface area contributed by atoms with Gasteiger partial charge in [-0.05, 0) is 25.3 Å². The van der Waals surface area contributed by atoms with E-state index in [9.17, 15) is 4.79 Å². The van der Waals surface area contributed by atoms with Crippen LogP contribution in [0.5, 0.6) is 0 Å². The topological polar surface area (TPSA) is 32.3 Å². The number of nitrogens with one attached hydrogen (secondary N) is 1. The van der Waals surface area contributed by atoms with Crippen LogP contribution in [0.4, 0.5) is 0 Å². The van der Waals surface area contributed by atoms with E-state index in [1.165, 1.54) is 0 Å². The third kappa shape index (κ3) is 3.07. The van der Waals surface area contributed by atoms with Crippen LogP contribution in [0.2, 0.25) is 0 Å².